The molecule has 23 heavy (non-hydrogen) atoms. The first kappa shape index (κ1) is 15.9. The van der Waals surface area contributed by atoms with Gasteiger partial charge in [0.1, 0.15) is 5.69 Å². The number of thiazole rings is 1. The second-order valence-corrected chi connectivity index (χ2v) is 7.12. The Bertz CT molecular complexity index is 750. The number of nitrogens with zero attached hydrogens (tertiary/aromatic N) is 2. The molecule has 2 aromatic rings. The molecule has 2 aromatic heterocycles. The van der Waals surface area contributed by atoms with Crippen molar-refractivity contribution in [1.29, 1.82) is 0 Å². The van der Waals surface area contributed by atoms with Gasteiger partial charge in [0.2, 0.25) is 0 Å². The zero-order valence-electron chi connectivity index (χ0n) is 12.7. The van der Waals surface area contributed by atoms with E-state index in [1.807, 2.05) is 11.8 Å². The zero-order valence-corrected chi connectivity index (χ0v) is 14.4. The van der Waals surface area contributed by atoms with Gasteiger partial charge in [-0.05, 0) is 30.4 Å². The summed E-state index contributed by atoms with van der Waals surface area (Å²) < 4.78 is 0. The molecule has 1 aliphatic heterocycles. The first-order valence-corrected chi connectivity index (χ1v) is 9.09. The molecule has 2 amide bonds. The van der Waals surface area contributed by atoms with Gasteiger partial charge in [0.05, 0.1) is 6.04 Å². The molecule has 1 N–H and O–H groups in total. The van der Waals surface area contributed by atoms with Gasteiger partial charge in [-0.2, -0.15) is 0 Å². The van der Waals surface area contributed by atoms with Crippen LogP contribution in [0, 0.1) is 0 Å². The van der Waals surface area contributed by atoms with E-state index in [9.17, 15) is 9.59 Å². The van der Waals surface area contributed by atoms with Crippen molar-refractivity contribution < 1.29 is 9.59 Å². The molecule has 3 rings (SSSR count). The summed E-state index contributed by atoms with van der Waals surface area (Å²) in [6, 6.07) is 2.12. The van der Waals surface area contributed by atoms with Gasteiger partial charge in [-0.1, -0.05) is 6.08 Å². The lowest BCUT2D eigenvalue weighted by atomic mass is 10.0. The summed E-state index contributed by atoms with van der Waals surface area (Å²) in [5, 5.41) is 6.69. The fourth-order valence-corrected chi connectivity index (χ4v) is 4.32. The number of amides is 2. The third kappa shape index (κ3) is 3.07. The predicted octanol–water partition coefficient (Wildman–Crippen LogP) is 2.88. The molecule has 3 heterocycles. The van der Waals surface area contributed by atoms with Crippen molar-refractivity contribution >= 4 is 34.5 Å². The van der Waals surface area contributed by atoms with E-state index in [0.29, 0.717) is 23.8 Å². The van der Waals surface area contributed by atoms with E-state index in [1.165, 1.54) is 21.8 Å². The standard InChI is InChI=1S/C16H17N3O2S2/c1-3-6-17-14(20)15-18-12(9-23-15)16(21)19-7-4-13-11(10(19)2)5-8-22-13/h3,5,8-10H,1,4,6-7H2,2H3,(H,17,20)/t10-/m0/s1. The summed E-state index contributed by atoms with van der Waals surface area (Å²) in [5.74, 6) is -0.394. The maximum Gasteiger partial charge on any atom is 0.280 e. The van der Waals surface area contributed by atoms with Crippen molar-refractivity contribution in [1.82, 2.24) is 15.2 Å². The predicted molar refractivity (Wildman–Crippen MR) is 92.1 cm³/mol. The summed E-state index contributed by atoms with van der Waals surface area (Å²) in [6.45, 7) is 6.65. The second-order valence-electron chi connectivity index (χ2n) is 5.26. The van der Waals surface area contributed by atoms with Crippen LogP contribution in [0.15, 0.2) is 29.5 Å². The van der Waals surface area contributed by atoms with E-state index in [-0.39, 0.29) is 17.9 Å². The Labute approximate surface area is 142 Å². The quantitative estimate of drug-likeness (QED) is 0.865. The topological polar surface area (TPSA) is 62.3 Å². The fraction of sp³-hybridized carbons (Fsp3) is 0.312. The van der Waals surface area contributed by atoms with Crippen molar-refractivity contribution in [2.24, 2.45) is 0 Å². The van der Waals surface area contributed by atoms with E-state index in [2.05, 4.69) is 28.3 Å². The SMILES string of the molecule is C=CCNC(=O)c1nc(C(=O)N2CCc3sccc3[C@@H]2C)cs1. The average Bonchev–Trinajstić information content (AvgIpc) is 3.21. The van der Waals surface area contributed by atoms with E-state index < -0.39 is 0 Å². The van der Waals surface area contributed by atoms with Crippen LogP contribution in [0.4, 0.5) is 0 Å². The first-order chi connectivity index (χ1) is 11.1. The van der Waals surface area contributed by atoms with Crippen LogP contribution in [0.3, 0.4) is 0 Å². The minimum Gasteiger partial charge on any atom is -0.347 e. The summed E-state index contributed by atoms with van der Waals surface area (Å²) in [5.41, 5.74) is 1.55. The van der Waals surface area contributed by atoms with Gasteiger partial charge in [-0.3, -0.25) is 9.59 Å². The molecule has 1 aliphatic rings. The first-order valence-electron chi connectivity index (χ1n) is 7.33. The third-order valence-corrected chi connectivity index (χ3v) is 5.70. The molecule has 0 unspecified atom stereocenters. The highest BCUT2D eigenvalue weighted by atomic mass is 32.1. The van der Waals surface area contributed by atoms with Gasteiger partial charge in [0.25, 0.3) is 11.8 Å². The van der Waals surface area contributed by atoms with Crippen molar-refractivity contribution in [2.45, 2.75) is 19.4 Å². The molecular formula is C16H17N3O2S2. The average molecular weight is 347 g/mol. The summed E-state index contributed by atoms with van der Waals surface area (Å²) >= 11 is 2.93. The van der Waals surface area contributed by atoms with Crippen molar-refractivity contribution in [3.05, 3.63) is 50.6 Å². The second kappa shape index (κ2) is 6.64. The highest BCUT2D eigenvalue weighted by Gasteiger charge is 2.30. The molecule has 120 valence electrons. The molecule has 0 radical (unpaired) electrons. The number of aromatic nitrogens is 1. The normalized spacial score (nSPS) is 16.7. The van der Waals surface area contributed by atoms with Crippen LogP contribution in [0.2, 0.25) is 0 Å². The lowest BCUT2D eigenvalue weighted by Crippen LogP contribution is -2.38. The molecule has 1 atom stereocenters. The van der Waals surface area contributed by atoms with Crippen molar-refractivity contribution in [3.8, 4) is 0 Å². The largest absolute Gasteiger partial charge is 0.347 e. The Morgan fingerprint density at radius 2 is 2.35 bits per heavy atom. The van der Waals surface area contributed by atoms with Crippen LogP contribution in [0.5, 0.6) is 0 Å². The Morgan fingerprint density at radius 1 is 1.52 bits per heavy atom. The Morgan fingerprint density at radius 3 is 3.13 bits per heavy atom. The molecule has 0 spiro atoms. The molecule has 0 fully saturated rings. The van der Waals surface area contributed by atoms with Crippen LogP contribution in [-0.4, -0.2) is 34.8 Å². The maximum atomic E-state index is 12.7. The number of fused-ring (bicyclic) bond motifs is 1. The van der Waals surface area contributed by atoms with Gasteiger partial charge >= 0.3 is 0 Å². The minimum atomic E-state index is -0.277. The lowest BCUT2D eigenvalue weighted by molar-refractivity contribution is 0.0674. The third-order valence-electron chi connectivity index (χ3n) is 3.86. The van der Waals surface area contributed by atoms with E-state index in [4.69, 9.17) is 0 Å². The number of carbonyl (C=O) groups excluding carboxylic acids is 2. The molecule has 5 nitrogen and oxygen atoms in total. The van der Waals surface area contributed by atoms with Crippen LogP contribution >= 0.6 is 22.7 Å². The minimum absolute atomic E-state index is 0.0391. The number of hydrogen-bond acceptors (Lipinski definition) is 5. The molecule has 7 heteroatoms. The van der Waals surface area contributed by atoms with Crippen LogP contribution in [0.25, 0.3) is 0 Å². The molecule has 0 saturated carbocycles. The summed E-state index contributed by atoms with van der Waals surface area (Å²) in [7, 11) is 0. The van der Waals surface area contributed by atoms with E-state index >= 15 is 0 Å². The Hall–Kier alpha value is -1.99. The van der Waals surface area contributed by atoms with Gasteiger partial charge in [0, 0.05) is 23.3 Å². The molecule has 0 aromatic carbocycles. The Balaban J connectivity index is 1.75. The van der Waals surface area contributed by atoms with Gasteiger partial charge in [-0.15, -0.1) is 29.3 Å². The smallest absolute Gasteiger partial charge is 0.280 e. The maximum absolute atomic E-state index is 12.7. The number of hydrogen-bond donors (Lipinski definition) is 1. The summed E-state index contributed by atoms with van der Waals surface area (Å²) in [6.07, 6.45) is 2.48. The molecule has 0 aliphatic carbocycles. The van der Waals surface area contributed by atoms with Crippen molar-refractivity contribution in [2.75, 3.05) is 13.1 Å². The fourth-order valence-electron chi connectivity index (χ4n) is 2.65. The number of carbonyl (C=O) groups is 2. The molecule has 0 bridgehead atoms. The lowest BCUT2D eigenvalue weighted by Gasteiger charge is -2.33. The Kier molecular flexibility index (Phi) is 4.58. The van der Waals surface area contributed by atoms with Gasteiger partial charge < -0.3 is 10.2 Å². The monoisotopic (exact) mass is 347 g/mol. The van der Waals surface area contributed by atoms with Gasteiger partial charge in [-0.25, -0.2) is 4.98 Å². The highest BCUT2D eigenvalue weighted by Crippen LogP contribution is 2.33. The van der Waals surface area contributed by atoms with E-state index in [0.717, 1.165) is 6.42 Å². The number of rotatable bonds is 4. The van der Waals surface area contributed by atoms with Gasteiger partial charge in [0.15, 0.2) is 5.01 Å². The van der Waals surface area contributed by atoms with E-state index in [1.54, 1.807) is 22.8 Å². The number of nitrogens with one attached hydrogen (secondary N) is 1. The highest BCUT2D eigenvalue weighted by molar-refractivity contribution is 7.12. The molecule has 0 saturated heterocycles. The van der Waals surface area contributed by atoms with Crippen LogP contribution in [-0.2, 0) is 6.42 Å². The molecular weight excluding hydrogens is 330 g/mol. The van der Waals surface area contributed by atoms with Crippen LogP contribution in [0.1, 0.15) is 43.7 Å². The van der Waals surface area contributed by atoms with Crippen LogP contribution < -0.4 is 5.32 Å². The van der Waals surface area contributed by atoms with Crippen molar-refractivity contribution in [3.63, 3.8) is 0 Å². The summed E-state index contributed by atoms with van der Waals surface area (Å²) in [4.78, 5) is 32.0. The zero-order chi connectivity index (χ0) is 16.4. The number of thiophene rings is 1.